The van der Waals surface area contributed by atoms with Crippen molar-refractivity contribution in [3.8, 4) is 0 Å². The maximum Gasteiger partial charge on any atom is 0.226 e. The molecule has 1 unspecified atom stereocenters. The van der Waals surface area contributed by atoms with Crippen LogP contribution in [0.2, 0.25) is 0 Å². The van der Waals surface area contributed by atoms with Gasteiger partial charge in [-0.05, 0) is 31.1 Å². The molecule has 3 rings (SSSR count). The van der Waals surface area contributed by atoms with Gasteiger partial charge >= 0.3 is 0 Å². The van der Waals surface area contributed by atoms with E-state index in [2.05, 4.69) is 10.2 Å². The first-order valence-corrected chi connectivity index (χ1v) is 8.81. The molecule has 3 aliphatic rings. The van der Waals surface area contributed by atoms with Crippen LogP contribution in [0.1, 0.15) is 51.9 Å². The number of imide groups is 1. The SMILES string of the molecule is CC1CC(=O)C(C(=O)CC2CC(=O)NC(=O)C2)=C(N2CCCC2)C1. The van der Waals surface area contributed by atoms with Gasteiger partial charge in [-0.1, -0.05) is 6.92 Å². The molecular formula is C18H24N2O4. The molecule has 0 radical (unpaired) electrons. The van der Waals surface area contributed by atoms with Crippen LogP contribution in [0.5, 0.6) is 0 Å². The molecule has 0 bridgehead atoms. The molecule has 2 aliphatic heterocycles. The zero-order valence-electron chi connectivity index (χ0n) is 14.1. The molecule has 1 N–H and O–H groups in total. The van der Waals surface area contributed by atoms with Crippen LogP contribution in [0, 0.1) is 11.8 Å². The quantitative estimate of drug-likeness (QED) is 0.620. The number of amides is 2. The highest BCUT2D eigenvalue weighted by atomic mass is 16.2. The summed E-state index contributed by atoms with van der Waals surface area (Å²) in [5, 5.41) is 2.25. The third-order valence-corrected chi connectivity index (χ3v) is 5.11. The third-order valence-electron chi connectivity index (χ3n) is 5.11. The molecule has 1 atom stereocenters. The Morgan fingerprint density at radius 1 is 1.04 bits per heavy atom. The third kappa shape index (κ3) is 3.57. The summed E-state index contributed by atoms with van der Waals surface area (Å²) in [5.74, 6) is -0.971. The Morgan fingerprint density at radius 3 is 2.29 bits per heavy atom. The lowest BCUT2D eigenvalue weighted by atomic mass is 9.81. The van der Waals surface area contributed by atoms with Crippen LogP contribution in [0.15, 0.2) is 11.3 Å². The standard InChI is InChI=1S/C18H24N2O4/c1-11-6-13(20-4-2-3-5-20)18(14(21)7-11)15(22)8-12-9-16(23)19-17(24)10-12/h11-12H,2-10H2,1H3,(H,19,23,24). The summed E-state index contributed by atoms with van der Waals surface area (Å²) in [6, 6.07) is 0. The fourth-order valence-corrected chi connectivity index (χ4v) is 4.04. The highest BCUT2D eigenvalue weighted by Gasteiger charge is 2.35. The summed E-state index contributed by atoms with van der Waals surface area (Å²) in [6.07, 6.45) is 3.80. The van der Waals surface area contributed by atoms with Crippen molar-refractivity contribution in [3.05, 3.63) is 11.3 Å². The fourth-order valence-electron chi connectivity index (χ4n) is 4.04. The first kappa shape index (κ1) is 16.9. The van der Waals surface area contributed by atoms with E-state index < -0.39 is 0 Å². The van der Waals surface area contributed by atoms with Crippen LogP contribution in [-0.4, -0.2) is 41.4 Å². The number of piperidine rings is 1. The van der Waals surface area contributed by atoms with Gasteiger partial charge < -0.3 is 4.90 Å². The van der Waals surface area contributed by atoms with E-state index in [1.165, 1.54) is 0 Å². The fraction of sp³-hybridized carbons (Fsp3) is 0.667. The molecule has 6 nitrogen and oxygen atoms in total. The van der Waals surface area contributed by atoms with Crippen LogP contribution in [0.4, 0.5) is 0 Å². The molecule has 1 aliphatic carbocycles. The Hall–Kier alpha value is -1.98. The minimum Gasteiger partial charge on any atom is -0.374 e. The van der Waals surface area contributed by atoms with Crippen molar-refractivity contribution < 1.29 is 19.2 Å². The number of carbonyl (C=O) groups excluding carboxylic acids is 4. The first-order chi connectivity index (χ1) is 11.4. The second-order valence-corrected chi connectivity index (χ2v) is 7.33. The van der Waals surface area contributed by atoms with Gasteiger partial charge in [-0.15, -0.1) is 0 Å². The van der Waals surface area contributed by atoms with Crippen molar-refractivity contribution in [2.45, 2.75) is 51.9 Å². The summed E-state index contributed by atoms with van der Waals surface area (Å²) in [7, 11) is 0. The van der Waals surface area contributed by atoms with Gasteiger partial charge in [0, 0.05) is 44.5 Å². The van der Waals surface area contributed by atoms with Crippen LogP contribution < -0.4 is 5.32 Å². The molecule has 0 aromatic rings. The van der Waals surface area contributed by atoms with Crippen molar-refractivity contribution >= 4 is 23.4 Å². The minimum atomic E-state index is -0.332. The lowest BCUT2D eigenvalue weighted by molar-refractivity contribution is -0.135. The van der Waals surface area contributed by atoms with Crippen molar-refractivity contribution in [3.63, 3.8) is 0 Å². The number of hydrogen-bond acceptors (Lipinski definition) is 5. The Bertz CT molecular complexity index is 601. The highest BCUT2D eigenvalue weighted by molar-refractivity contribution is 6.21. The summed E-state index contributed by atoms with van der Waals surface area (Å²) in [4.78, 5) is 50.5. The second-order valence-electron chi connectivity index (χ2n) is 7.33. The van der Waals surface area contributed by atoms with Gasteiger partial charge in [0.2, 0.25) is 11.8 Å². The molecule has 24 heavy (non-hydrogen) atoms. The lowest BCUT2D eigenvalue weighted by Gasteiger charge is -2.31. The van der Waals surface area contributed by atoms with Crippen molar-refractivity contribution in [1.29, 1.82) is 0 Å². The number of Topliss-reactive ketones (excluding diaryl/α,β-unsaturated/α-hetero) is 2. The van der Waals surface area contributed by atoms with Gasteiger partial charge in [0.15, 0.2) is 11.6 Å². The van der Waals surface area contributed by atoms with Gasteiger partial charge in [0.25, 0.3) is 0 Å². The first-order valence-electron chi connectivity index (χ1n) is 8.81. The average Bonchev–Trinajstić information content (AvgIpc) is 2.98. The van der Waals surface area contributed by atoms with E-state index in [0.29, 0.717) is 12.0 Å². The van der Waals surface area contributed by atoms with Crippen LogP contribution in [-0.2, 0) is 19.2 Å². The van der Waals surface area contributed by atoms with E-state index >= 15 is 0 Å². The molecule has 0 spiro atoms. The maximum atomic E-state index is 12.8. The number of carbonyl (C=O) groups is 4. The number of hydrogen-bond donors (Lipinski definition) is 1. The van der Waals surface area contributed by atoms with Crippen LogP contribution in [0.3, 0.4) is 0 Å². The van der Waals surface area contributed by atoms with E-state index in [1.807, 2.05) is 6.92 Å². The molecule has 0 saturated carbocycles. The predicted octanol–water partition coefficient (Wildman–Crippen LogP) is 1.35. The smallest absolute Gasteiger partial charge is 0.226 e. The van der Waals surface area contributed by atoms with E-state index in [-0.39, 0.29) is 54.5 Å². The second kappa shape index (κ2) is 6.87. The number of rotatable bonds is 4. The van der Waals surface area contributed by atoms with E-state index in [4.69, 9.17) is 0 Å². The van der Waals surface area contributed by atoms with Crippen molar-refractivity contribution in [2.24, 2.45) is 11.8 Å². The summed E-state index contributed by atoms with van der Waals surface area (Å²) < 4.78 is 0. The zero-order valence-corrected chi connectivity index (χ0v) is 14.1. The Balaban J connectivity index is 1.81. The summed E-state index contributed by atoms with van der Waals surface area (Å²) in [5.41, 5.74) is 1.24. The number of nitrogens with one attached hydrogen (secondary N) is 1. The Labute approximate surface area is 141 Å². The van der Waals surface area contributed by atoms with Gasteiger partial charge in [-0.25, -0.2) is 0 Å². The monoisotopic (exact) mass is 332 g/mol. The predicted molar refractivity (Wildman–Crippen MR) is 86.7 cm³/mol. The molecule has 6 heteroatoms. The molecule has 2 fully saturated rings. The topological polar surface area (TPSA) is 83.5 Å². The van der Waals surface area contributed by atoms with Crippen molar-refractivity contribution in [2.75, 3.05) is 13.1 Å². The molecule has 2 heterocycles. The highest BCUT2D eigenvalue weighted by Crippen LogP contribution is 2.33. The molecular weight excluding hydrogens is 308 g/mol. The van der Waals surface area contributed by atoms with Gasteiger partial charge in [-0.2, -0.15) is 0 Å². The average molecular weight is 332 g/mol. The number of allylic oxidation sites excluding steroid dienone is 2. The van der Waals surface area contributed by atoms with E-state index in [9.17, 15) is 19.2 Å². The normalized spacial score (nSPS) is 26.1. The summed E-state index contributed by atoms with van der Waals surface area (Å²) in [6.45, 7) is 3.84. The molecule has 0 aromatic carbocycles. The van der Waals surface area contributed by atoms with Gasteiger partial charge in [-0.3, -0.25) is 24.5 Å². The molecule has 2 amide bonds. The zero-order chi connectivity index (χ0) is 17.3. The molecule has 130 valence electrons. The van der Waals surface area contributed by atoms with Crippen LogP contribution >= 0.6 is 0 Å². The van der Waals surface area contributed by atoms with E-state index in [1.54, 1.807) is 0 Å². The lowest BCUT2D eigenvalue weighted by Crippen LogP contribution is -2.39. The number of nitrogens with zero attached hydrogens (tertiary/aromatic N) is 1. The Kier molecular flexibility index (Phi) is 4.83. The number of likely N-dealkylation sites (tertiary alicyclic amines) is 1. The molecule has 0 aromatic heterocycles. The van der Waals surface area contributed by atoms with Crippen molar-refractivity contribution in [1.82, 2.24) is 10.2 Å². The largest absolute Gasteiger partial charge is 0.374 e. The number of ketones is 2. The van der Waals surface area contributed by atoms with E-state index in [0.717, 1.165) is 38.0 Å². The minimum absolute atomic E-state index is 0.0766. The Morgan fingerprint density at radius 2 is 1.67 bits per heavy atom. The summed E-state index contributed by atoms with van der Waals surface area (Å²) >= 11 is 0. The van der Waals surface area contributed by atoms with Gasteiger partial charge in [0.05, 0.1) is 5.57 Å². The van der Waals surface area contributed by atoms with Crippen LogP contribution in [0.25, 0.3) is 0 Å². The van der Waals surface area contributed by atoms with Gasteiger partial charge in [0.1, 0.15) is 0 Å². The maximum absolute atomic E-state index is 12.8. The molecule has 2 saturated heterocycles.